The second-order valence-corrected chi connectivity index (χ2v) is 5.64. The van der Waals surface area contributed by atoms with Crippen LogP contribution in [0.5, 0.6) is 0 Å². The Hall–Kier alpha value is -0.820. The van der Waals surface area contributed by atoms with E-state index in [0.717, 1.165) is 12.5 Å². The summed E-state index contributed by atoms with van der Waals surface area (Å²) in [7, 11) is 0. The molecule has 0 aliphatic heterocycles. The summed E-state index contributed by atoms with van der Waals surface area (Å²) in [5.41, 5.74) is 1.93. The quantitative estimate of drug-likeness (QED) is 0.831. The minimum atomic E-state index is 0.413. The number of hydrogen-bond acceptors (Lipinski definition) is 1. The molecule has 0 saturated heterocycles. The lowest BCUT2D eigenvalue weighted by Gasteiger charge is -2.60. The molecule has 1 fully saturated rings. The molecule has 0 aromatic heterocycles. The summed E-state index contributed by atoms with van der Waals surface area (Å²) in [4.78, 5) is 0. The predicted octanol–water partition coefficient (Wildman–Crippen LogP) is 3.81. The van der Waals surface area contributed by atoms with Crippen molar-refractivity contribution in [3.8, 4) is 0 Å². The molecule has 1 aliphatic carbocycles. The zero-order chi connectivity index (χ0) is 12.5. The first-order chi connectivity index (χ1) is 8.15. The maximum Gasteiger partial charge on any atom is 0.0158 e. The Morgan fingerprint density at radius 2 is 1.82 bits per heavy atom. The fraction of sp³-hybridized carbons (Fsp3) is 0.625. The summed E-state index contributed by atoms with van der Waals surface area (Å²) in [6.45, 7) is 10.4. The zero-order valence-electron chi connectivity index (χ0n) is 11.5. The van der Waals surface area contributed by atoms with Gasteiger partial charge in [0.2, 0.25) is 0 Å². The first kappa shape index (κ1) is 12.6. The van der Waals surface area contributed by atoms with E-state index in [2.05, 4.69) is 63.3 Å². The Morgan fingerprint density at radius 3 is 2.35 bits per heavy atom. The van der Waals surface area contributed by atoms with E-state index >= 15 is 0 Å². The van der Waals surface area contributed by atoms with Crippen molar-refractivity contribution in [1.29, 1.82) is 0 Å². The molecule has 4 atom stereocenters. The highest BCUT2D eigenvalue weighted by Crippen LogP contribution is 2.58. The largest absolute Gasteiger partial charge is 0.313 e. The van der Waals surface area contributed by atoms with Gasteiger partial charge in [0.25, 0.3) is 0 Å². The third-order valence-electron chi connectivity index (χ3n) is 4.82. The average Bonchev–Trinajstić information content (AvgIpc) is 2.37. The molecule has 94 valence electrons. The van der Waals surface area contributed by atoms with Crippen LogP contribution in [0.3, 0.4) is 0 Å². The summed E-state index contributed by atoms with van der Waals surface area (Å²) >= 11 is 0. The zero-order valence-corrected chi connectivity index (χ0v) is 11.5. The second-order valence-electron chi connectivity index (χ2n) is 5.64. The van der Waals surface area contributed by atoms with Crippen molar-refractivity contribution in [2.75, 3.05) is 6.54 Å². The van der Waals surface area contributed by atoms with Crippen molar-refractivity contribution in [1.82, 2.24) is 5.32 Å². The van der Waals surface area contributed by atoms with Gasteiger partial charge in [-0.3, -0.25) is 0 Å². The molecular formula is C16H25N. The Labute approximate surface area is 106 Å². The van der Waals surface area contributed by atoms with Gasteiger partial charge in [-0.25, -0.2) is 0 Å². The molecule has 1 heteroatoms. The molecule has 1 aromatic rings. The predicted molar refractivity (Wildman–Crippen MR) is 74.2 cm³/mol. The van der Waals surface area contributed by atoms with Crippen LogP contribution in [0.15, 0.2) is 30.3 Å². The van der Waals surface area contributed by atoms with Gasteiger partial charge >= 0.3 is 0 Å². The van der Waals surface area contributed by atoms with Gasteiger partial charge in [0, 0.05) is 6.04 Å². The molecule has 0 heterocycles. The maximum absolute atomic E-state index is 3.67. The maximum atomic E-state index is 3.67. The van der Waals surface area contributed by atoms with Crippen molar-refractivity contribution in [2.45, 2.75) is 46.1 Å². The van der Waals surface area contributed by atoms with Crippen LogP contribution in [0.2, 0.25) is 0 Å². The van der Waals surface area contributed by atoms with E-state index in [1.54, 1.807) is 0 Å². The van der Waals surface area contributed by atoms with Crippen LogP contribution >= 0.6 is 0 Å². The lowest BCUT2D eigenvalue weighted by Crippen LogP contribution is -2.62. The van der Waals surface area contributed by atoms with E-state index in [9.17, 15) is 0 Å². The van der Waals surface area contributed by atoms with Gasteiger partial charge in [-0.1, -0.05) is 58.0 Å². The molecule has 1 aliphatic rings. The average molecular weight is 231 g/mol. The molecule has 1 N–H and O–H groups in total. The summed E-state index contributed by atoms with van der Waals surface area (Å²) in [6.07, 6.45) is 1.24. The fourth-order valence-electron chi connectivity index (χ4n) is 3.89. The highest BCUT2D eigenvalue weighted by Gasteiger charge is 2.55. The number of benzene rings is 1. The van der Waals surface area contributed by atoms with Crippen LogP contribution in [0, 0.1) is 11.3 Å². The van der Waals surface area contributed by atoms with Gasteiger partial charge in [0.15, 0.2) is 0 Å². The summed E-state index contributed by atoms with van der Waals surface area (Å²) in [5, 5.41) is 3.67. The van der Waals surface area contributed by atoms with Crippen molar-refractivity contribution in [3.63, 3.8) is 0 Å². The van der Waals surface area contributed by atoms with Crippen molar-refractivity contribution in [2.24, 2.45) is 11.3 Å². The molecule has 2 rings (SSSR count). The van der Waals surface area contributed by atoms with E-state index in [-0.39, 0.29) is 0 Å². The van der Waals surface area contributed by atoms with Gasteiger partial charge in [-0.2, -0.15) is 0 Å². The Morgan fingerprint density at radius 1 is 1.18 bits per heavy atom. The Balaban J connectivity index is 2.25. The molecule has 0 radical (unpaired) electrons. The molecule has 4 unspecified atom stereocenters. The lowest BCUT2D eigenvalue weighted by atomic mass is 9.48. The summed E-state index contributed by atoms with van der Waals surface area (Å²) in [6, 6.07) is 11.7. The van der Waals surface area contributed by atoms with Crippen molar-refractivity contribution < 1.29 is 0 Å². The van der Waals surface area contributed by atoms with Crippen LogP contribution in [0.1, 0.15) is 45.6 Å². The van der Waals surface area contributed by atoms with Crippen molar-refractivity contribution >= 4 is 0 Å². The second kappa shape index (κ2) is 4.81. The van der Waals surface area contributed by atoms with Gasteiger partial charge < -0.3 is 5.32 Å². The van der Waals surface area contributed by atoms with E-state index < -0.39 is 0 Å². The van der Waals surface area contributed by atoms with Crippen LogP contribution < -0.4 is 5.32 Å². The van der Waals surface area contributed by atoms with Crippen LogP contribution in [0.4, 0.5) is 0 Å². The van der Waals surface area contributed by atoms with E-state index in [1.807, 2.05) is 0 Å². The van der Waals surface area contributed by atoms with Crippen LogP contribution in [-0.2, 0) is 0 Å². The molecule has 0 spiro atoms. The first-order valence-electron chi connectivity index (χ1n) is 6.93. The van der Waals surface area contributed by atoms with E-state index in [0.29, 0.717) is 17.4 Å². The summed E-state index contributed by atoms with van der Waals surface area (Å²) < 4.78 is 0. The van der Waals surface area contributed by atoms with E-state index in [1.165, 1.54) is 12.0 Å². The normalized spacial score (nSPS) is 36.6. The standard InChI is InChI=1S/C16H25N/c1-5-16(4)14(12(3)15(16)17-6-2)13-10-8-7-9-11-13/h7-12,14-15,17H,5-6H2,1-4H3. The third-order valence-corrected chi connectivity index (χ3v) is 4.82. The molecule has 0 bridgehead atoms. The minimum absolute atomic E-state index is 0.413. The van der Waals surface area contributed by atoms with Gasteiger partial charge in [-0.05, 0) is 35.8 Å². The van der Waals surface area contributed by atoms with Gasteiger partial charge in [0.1, 0.15) is 0 Å². The molecule has 1 nitrogen and oxygen atoms in total. The molecule has 17 heavy (non-hydrogen) atoms. The summed E-state index contributed by atoms with van der Waals surface area (Å²) in [5.74, 6) is 1.44. The van der Waals surface area contributed by atoms with E-state index in [4.69, 9.17) is 0 Å². The SMILES string of the molecule is CCNC1C(C)C(c2ccccc2)C1(C)CC. The highest BCUT2D eigenvalue weighted by atomic mass is 15.0. The number of rotatable bonds is 4. The Kier molecular flexibility index (Phi) is 3.58. The monoisotopic (exact) mass is 231 g/mol. The first-order valence-corrected chi connectivity index (χ1v) is 6.93. The molecule has 0 amide bonds. The number of hydrogen-bond donors (Lipinski definition) is 1. The molecule has 1 saturated carbocycles. The Bertz CT molecular complexity index is 359. The smallest absolute Gasteiger partial charge is 0.0158 e. The van der Waals surface area contributed by atoms with Crippen LogP contribution in [0.25, 0.3) is 0 Å². The number of nitrogens with one attached hydrogen (secondary N) is 1. The molecular weight excluding hydrogens is 206 g/mol. The highest BCUT2D eigenvalue weighted by molar-refractivity contribution is 5.29. The fourth-order valence-corrected chi connectivity index (χ4v) is 3.89. The van der Waals surface area contributed by atoms with Gasteiger partial charge in [-0.15, -0.1) is 0 Å². The topological polar surface area (TPSA) is 12.0 Å². The lowest BCUT2D eigenvalue weighted by molar-refractivity contribution is -0.0187. The third kappa shape index (κ3) is 1.91. The van der Waals surface area contributed by atoms with Crippen molar-refractivity contribution in [3.05, 3.63) is 35.9 Å². The van der Waals surface area contributed by atoms with Crippen LogP contribution in [-0.4, -0.2) is 12.6 Å². The minimum Gasteiger partial charge on any atom is -0.313 e. The van der Waals surface area contributed by atoms with Gasteiger partial charge in [0.05, 0.1) is 0 Å². The molecule has 1 aromatic carbocycles.